The summed E-state index contributed by atoms with van der Waals surface area (Å²) in [5, 5.41) is 12.6. The molecule has 1 aliphatic carbocycles. The van der Waals surface area contributed by atoms with E-state index in [-0.39, 0.29) is 29.8 Å². The van der Waals surface area contributed by atoms with Crippen molar-refractivity contribution in [3.63, 3.8) is 0 Å². The van der Waals surface area contributed by atoms with Crippen molar-refractivity contribution in [1.29, 1.82) is 0 Å². The molecule has 0 saturated heterocycles. The number of rotatable bonds is 6. The number of carbonyl (C=O) groups excluding carboxylic acids is 1. The Labute approximate surface area is 200 Å². The lowest BCUT2D eigenvalue weighted by Gasteiger charge is -2.27. The van der Waals surface area contributed by atoms with Gasteiger partial charge in [0.15, 0.2) is 0 Å². The number of hydrogen-bond donors (Lipinski definition) is 2. The van der Waals surface area contributed by atoms with E-state index in [1.54, 1.807) is 24.3 Å². The number of aromatic nitrogens is 4. The molecule has 34 heavy (non-hydrogen) atoms. The SMILES string of the molecule is O=C(CCc1nc2ccccc2c(=O)[nH]1)NC1CCC(c2nnc(-c3ccccc3Cl)o2)CC1. The summed E-state index contributed by atoms with van der Waals surface area (Å²) in [6.07, 6.45) is 4.04. The summed E-state index contributed by atoms with van der Waals surface area (Å²) in [5.41, 5.74) is 1.18. The Balaban J connectivity index is 1.12. The van der Waals surface area contributed by atoms with Crippen LogP contribution in [0.2, 0.25) is 5.02 Å². The Morgan fingerprint density at radius 1 is 1.06 bits per heavy atom. The van der Waals surface area contributed by atoms with Crippen LogP contribution in [0.25, 0.3) is 22.4 Å². The van der Waals surface area contributed by atoms with Gasteiger partial charge in [0.2, 0.25) is 17.7 Å². The summed E-state index contributed by atoms with van der Waals surface area (Å²) < 4.78 is 5.90. The van der Waals surface area contributed by atoms with Crippen molar-refractivity contribution >= 4 is 28.4 Å². The zero-order valence-electron chi connectivity index (χ0n) is 18.5. The van der Waals surface area contributed by atoms with Crippen molar-refractivity contribution in [3.05, 3.63) is 75.6 Å². The monoisotopic (exact) mass is 477 g/mol. The van der Waals surface area contributed by atoms with Crippen molar-refractivity contribution in [1.82, 2.24) is 25.5 Å². The van der Waals surface area contributed by atoms with Crippen LogP contribution in [0.1, 0.15) is 49.7 Å². The predicted octanol–water partition coefficient (Wildman–Crippen LogP) is 4.40. The van der Waals surface area contributed by atoms with Crippen LogP contribution in [0.15, 0.2) is 57.7 Å². The third kappa shape index (κ3) is 4.87. The number of H-pyrrole nitrogens is 1. The standard InChI is InChI=1S/C25H24ClN5O3/c26-19-7-3-1-5-17(19)25-31-30-24(34-25)15-9-11-16(12-10-15)27-22(32)14-13-21-28-20-8-4-2-6-18(20)23(33)29-21/h1-8,15-16H,9-14H2,(H,27,32)(H,28,29,33). The number of para-hydroxylation sites is 1. The topological polar surface area (TPSA) is 114 Å². The van der Waals surface area contributed by atoms with E-state index in [4.69, 9.17) is 16.0 Å². The Hall–Kier alpha value is -3.52. The molecule has 0 radical (unpaired) electrons. The molecule has 0 atom stereocenters. The van der Waals surface area contributed by atoms with Gasteiger partial charge < -0.3 is 14.7 Å². The Bertz CT molecular complexity index is 1370. The molecule has 9 heteroatoms. The minimum atomic E-state index is -0.182. The molecule has 2 N–H and O–H groups in total. The fraction of sp³-hybridized carbons (Fsp3) is 0.320. The highest BCUT2D eigenvalue weighted by molar-refractivity contribution is 6.33. The highest BCUT2D eigenvalue weighted by Crippen LogP contribution is 2.34. The lowest BCUT2D eigenvalue weighted by Crippen LogP contribution is -2.37. The van der Waals surface area contributed by atoms with E-state index in [9.17, 15) is 9.59 Å². The molecule has 1 aliphatic rings. The summed E-state index contributed by atoms with van der Waals surface area (Å²) >= 11 is 6.23. The van der Waals surface area contributed by atoms with Gasteiger partial charge in [0, 0.05) is 24.8 Å². The highest BCUT2D eigenvalue weighted by atomic mass is 35.5. The number of halogens is 1. The van der Waals surface area contributed by atoms with Crippen LogP contribution in [-0.2, 0) is 11.2 Å². The highest BCUT2D eigenvalue weighted by Gasteiger charge is 2.27. The molecule has 5 rings (SSSR count). The summed E-state index contributed by atoms with van der Waals surface area (Å²) in [6.45, 7) is 0. The fourth-order valence-corrected chi connectivity index (χ4v) is 4.63. The number of hydrogen-bond acceptors (Lipinski definition) is 6. The van der Waals surface area contributed by atoms with Crippen LogP contribution in [-0.4, -0.2) is 32.1 Å². The third-order valence-corrected chi connectivity index (χ3v) is 6.57. The minimum absolute atomic E-state index is 0.0435. The fourth-order valence-electron chi connectivity index (χ4n) is 4.41. The lowest BCUT2D eigenvalue weighted by molar-refractivity contribution is -0.122. The maximum atomic E-state index is 12.5. The van der Waals surface area contributed by atoms with Gasteiger partial charge in [-0.3, -0.25) is 9.59 Å². The zero-order chi connectivity index (χ0) is 23.5. The molecule has 2 heterocycles. The first-order valence-corrected chi connectivity index (χ1v) is 11.8. The van der Waals surface area contributed by atoms with Gasteiger partial charge in [0.05, 0.1) is 21.5 Å². The van der Waals surface area contributed by atoms with E-state index >= 15 is 0 Å². The molecule has 0 spiro atoms. The average Bonchev–Trinajstić information content (AvgIpc) is 3.34. The molecular weight excluding hydrogens is 454 g/mol. The first-order valence-electron chi connectivity index (χ1n) is 11.4. The number of aromatic amines is 1. The molecule has 2 aromatic heterocycles. The van der Waals surface area contributed by atoms with Gasteiger partial charge in [-0.05, 0) is 49.9 Å². The maximum Gasteiger partial charge on any atom is 0.258 e. The first kappa shape index (κ1) is 22.3. The molecule has 1 saturated carbocycles. The van der Waals surface area contributed by atoms with Crippen LogP contribution >= 0.6 is 11.6 Å². The van der Waals surface area contributed by atoms with Gasteiger partial charge in [-0.25, -0.2) is 4.98 Å². The molecule has 0 bridgehead atoms. The average molecular weight is 478 g/mol. The zero-order valence-corrected chi connectivity index (χ0v) is 19.2. The molecule has 1 amide bonds. The largest absolute Gasteiger partial charge is 0.420 e. The van der Waals surface area contributed by atoms with E-state index in [2.05, 4.69) is 25.5 Å². The van der Waals surface area contributed by atoms with Crippen molar-refractivity contribution in [3.8, 4) is 11.5 Å². The molecule has 2 aromatic carbocycles. The number of amides is 1. The lowest BCUT2D eigenvalue weighted by atomic mass is 9.86. The molecule has 0 unspecified atom stereocenters. The van der Waals surface area contributed by atoms with E-state index in [0.29, 0.717) is 40.0 Å². The second kappa shape index (κ2) is 9.77. The molecule has 174 valence electrons. The van der Waals surface area contributed by atoms with Gasteiger partial charge >= 0.3 is 0 Å². The van der Waals surface area contributed by atoms with E-state index in [1.807, 2.05) is 24.3 Å². The molecule has 1 fully saturated rings. The molecule has 8 nitrogen and oxygen atoms in total. The summed E-state index contributed by atoms with van der Waals surface area (Å²) in [6, 6.07) is 14.7. The number of benzene rings is 2. The Morgan fingerprint density at radius 2 is 1.82 bits per heavy atom. The van der Waals surface area contributed by atoms with Crippen LogP contribution in [0.4, 0.5) is 0 Å². The van der Waals surface area contributed by atoms with Crippen LogP contribution < -0.4 is 10.9 Å². The Kier molecular flexibility index (Phi) is 6.40. The van der Waals surface area contributed by atoms with Gasteiger partial charge in [0.1, 0.15) is 5.82 Å². The van der Waals surface area contributed by atoms with Crippen LogP contribution in [0, 0.1) is 0 Å². The quantitative estimate of drug-likeness (QED) is 0.425. The van der Waals surface area contributed by atoms with Crippen molar-refractivity contribution in [2.24, 2.45) is 0 Å². The van der Waals surface area contributed by atoms with Crippen LogP contribution in [0.3, 0.4) is 0 Å². The van der Waals surface area contributed by atoms with Gasteiger partial charge in [-0.1, -0.05) is 35.9 Å². The second-order valence-corrected chi connectivity index (χ2v) is 8.98. The summed E-state index contributed by atoms with van der Waals surface area (Å²) in [7, 11) is 0. The smallest absolute Gasteiger partial charge is 0.258 e. The van der Waals surface area contributed by atoms with Gasteiger partial charge in [0.25, 0.3) is 5.56 Å². The van der Waals surface area contributed by atoms with Crippen LogP contribution in [0.5, 0.6) is 0 Å². The molecular formula is C25H24ClN5O3. The first-order chi connectivity index (χ1) is 16.6. The number of carbonyl (C=O) groups is 1. The normalized spacial score (nSPS) is 18.1. The summed E-state index contributed by atoms with van der Waals surface area (Å²) in [5.74, 6) is 1.69. The van der Waals surface area contributed by atoms with E-state index in [0.717, 1.165) is 31.2 Å². The third-order valence-electron chi connectivity index (χ3n) is 6.24. The predicted molar refractivity (Wildman–Crippen MR) is 129 cm³/mol. The molecule has 4 aromatic rings. The van der Waals surface area contributed by atoms with Crippen molar-refractivity contribution in [2.75, 3.05) is 0 Å². The van der Waals surface area contributed by atoms with Crippen molar-refractivity contribution < 1.29 is 9.21 Å². The minimum Gasteiger partial charge on any atom is -0.420 e. The summed E-state index contributed by atoms with van der Waals surface area (Å²) in [4.78, 5) is 31.9. The number of fused-ring (bicyclic) bond motifs is 1. The van der Waals surface area contributed by atoms with E-state index in [1.165, 1.54) is 0 Å². The number of aryl methyl sites for hydroxylation is 1. The molecule has 0 aliphatic heterocycles. The number of nitrogens with zero attached hydrogens (tertiary/aromatic N) is 3. The Morgan fingerprint density at radius 3 is 2.65 bits per heavy atom. The maximum absolute atomic E-state index is 12.5. The second-order valence-electron chi connectivity index (χ2n) is 8.57. The van der Waals surface area contributed by atoms with Crippen molar-refractivity contribution in [2.45, 2.75) is 50.5 Å². The van der Waals surface area contributed by atoms with Gasteiger partial charge in [-0.2, -0.15) is 0 Å². The number of nitrogens with one attached hydrogen (secondary N) is 2. The van der Waals surface area contributed by atoms with Gasteiger partial charge in [-0.15, -0.1) is 10.2 Å². The van der Waals surface area contributed by atoms with E-state index < -0.39 is 0 Å².